The van der Waals surface area contributed by atoms with E-state index < -0.39 is 5.97 Å². The first kappa shape index (κ1) is 8.96. The van der Waals surface area contributed by atoms with E-state index in [2.05, 4.69) is 9.97 Å². The minimum absolute atomic E-state index is 0.111. The van der Waals surface area contributed by atoms with Crippen molar-refractivity contribution in [3.63, 3.8) is 0 Å². The van der Waals surface area contributed by atoms with Crippen molar-refractivity contribution >= 4 is 28.7 Å². The van der Waals surface area contributed by atoms with E-state index >= 15 is 0 Å². The molecule has 2 aromatic rings. The van der Waals surface area contributed by atoms with Gasteiger partial charge in [0.25, 0.3) is 0 Å². The van der Waals surface area contributed by atoms with Crippen LogP contribution < -0.4 is 0 Å². The lowest BCUT2D eigenvalue weighted by Crippen LogP contribution is -2.01. The summed E-state index contributed by atoms with van der Waals surface area (Å²) < 4.78 is 1.60. The number of aromatic nitrogens is 3. The molecule has 0 radical (unpaired) electrons. The van der Waals surface area contributed by atoms with Gasteiger partial charge >= 0.3 is 5.97 Å². The van der Waals surface area contributed by atoms with Gasteiger partial charge in [0.05, 0.1) is 11.9 Å². The summed E-state index contributed by atoms with van der Waals surface area (Å²) in [5.74, 6) is -1.04. The van der Waals surface area contributed by atoms with Crippen molar-refractivity contribution in [1.29, 1.82) is 0 Å². The Morgan fingerprint density at radius 2 is 2.36 bits per heavy atom. The van der Waals surface area contributed by atoms with Gasteiger partial charge in [-0.25, -0.2) is 14.8 Å². The van der Waals surface area contributed by atoms with Gasteiger partial charge in [0.2, 0.25) is 0 Å². The van der Waals surface area contributed by atoms with E-state index in [9.17, 15) is 4.79 Å². The standard InChI is InChI=1S/C8H6ClN3O2/c1-12-3-10-7-6(12)4(8(13)14)2-5(9)11-7/h2-3H,1H3,(H,13,14). The van der Waals surface area contributed by atoms with E-state index in [1.807, 2.05) is 0 Å². The van der Waals surface area contributed by atoms with Crippen LogP contribution in [0.15, 0.2) is 12.4 Å². The van der Waals surface area contributed by atoms with Crippen LogP contribution in [-0.2, 0) is 7.05 Å². The first-order valence-electron chi connectivity index (χ1n) is 3.80. The summed E-state index contributed by atoms with van der Waals surface area (Å²) in [7, 11) is 1.71. The van der Waals surface area contributed by atoms with Crippen LogP contribution in [0.2, 0.25) is 5.15 Å². The Morgan fingerprint density at radius 1 is 1.64 bits per heavy atom. The van der Waals surface area contributed by atoms with Crippen molar-refractivity contribution in [2.24, 2.45) is 7.05 Å². The smallest absolute Gasteiger partial charge is 0.338 e. The first-order valence-corrected chi connectivity index (χ1v) is 4.18. The van der Waals surface area contributed by atoms with Crippen molar-refractivity contribution in [3.8, 4) is 0 Å². The van der Waals surface area contributed by atoms with Crippen LogP contribution in [0.1, 0.15) is 10.4 Å². The molecule has 1 N–H and O–H groups in total. The lowest BCUT2D eigenvalue weighted by molar-refractivity contribution is 0.0698. The van der Waals surface area contributed by atoms with Gasteiger partial charge in [0.1, 0.15) is 10.7 Å². The van der Waals surface area contributed by atoms with Crippen LogP contribution in [0.3, 0.4) is 0 Å². The molecule has 5 nitrogen and oxygen atoms in total. The van der Waals surface area contributed by atoms with Crippen LogP contribution in [-0.4, -0.2) is 25.6 Å². The van der Waals surface area contributed by atoms with Crippen LogP contribution in [0.4, 0.5) is 0 Å². The van der Waals surface area contributed by atoms with Crippen LogP contribution in [0.25, 0.3) is 11.2 Å². The predicted octanol–water partition coefficient (Wildman–Crippen LogP) is 1.32. The van der Waals surface area contributed by atoms with E-state index in [0.717, 1.165) is 0 Å². The summed E-state index contributed by atoms with van der Waals surface area (Å²) in [5, 5.41) is 9.06. The van der Waals surface area contributed by atoms with Gasteiger partial charge in [0, 0.05) is 7.05 Å². The second-order valence-corrected chi connectivity index (χ2v) is 3.21. The Morgan fingerprint density at radius 3 is 3.00 bits per heavy atom. The molecule has 0 saturated heterocycles. The predicted molar refractivity (Wildman–Crippen MR) is 50.5 cm³/mol. The van der Waals surface area contributed by atoms with Crippen molar-refractivity contribution in [1.82, 2.24) is 14.5 Å². The number of pyridine rings is 1. The zero-order chi connectivity index (χ0) is 10.3. The number of fused-ring (bicyclic) bond motifs is 1. The minimum atomic E-state index is -1.04. The topological polar surface area (TPSA) is 68.0 Å². The SMILES string of the molecule is Cn1cnc2nc(Cl)cc(C(=O)O)c21. The summed E-state index contributed by atoms with van der Waals surface area (Å²) in [6.45, 7) is 0. The lowest BCUT2D eigenvalue weighted by Gasteiger charge is -1.99. The molecule has 0 atom stereocenters. The minimum Gasteiger partial charge on any atom is -0.478 e. The molecule has 0 aromatic carbocycles. The summed E-state index contributed by atoms with van der Waals surface area (Å²) in [5.41, 5.74) is 0.930. The number of carbonyl (C=O) groups is 1. The molecule has 0 saturated carbocycles. The van der Waals surface area contributed by atoms with Gasteiger partial charge in [-0.3, -0.25) is 0 Å². The lowest BCUT2D eigenvalue weighted by atomic mass is 10.2. The highest BCUT2D eigenvalue weighted by Crippen LogP contribution is 2.19. The third kappa shape index (κ3) is 1.22. The van der Waals surface area contributed by atoms with Gasteiger partial charge < -0.3 is 9.67 Å². The summed E-state index contributed by atoms with van der Waals surface area (Å²) >= 11 is 5.65. The van der Waals surface area contributed by atoms with Gasteiger partial charge in [-0.2, -0.15) is 0 Å². The number of nitrogens with zero attached hydrogens (tertiary/aromatic N) is 3. The van der Waals surface area contributed by atoms with Crippen LogP contribution in [0.5, 0.6) is 0 Å². The largest absolute Gasteiger partial charge is 0.478 e. The molecule has 2 rings (SSSR count). The number of hydrogen-bond acceptors (Lipinski definition) is 3. The molecule has 0 aliphatic heterocycles. The normalized spacial score (nSPS) is 10.7. The molecule has 0 aliphatic carbocycles. The third-order valence-corrected chi connectivity index (χ3v) is 2.07. The molecule has 2 aromatic heterocycles. The molecule has 0 aliphatic rings. The number of carboxylic acids is 1. The van der Waals surface area contributed by atoms with Crippen molar-refractivity contribution in [2.75, 3.05) is 0 Å². The second kappa shape index (κ2) is 2.95. The number of imidazole rings is 1. The molecule has 0 spiro atoms. The van der Waals surface area contributed by atoms with E-state index in [1.54, 1.807) is 11.6 Å². The van der Waals surface area contributed by atoms with Crippen LogP contribution >= 0.6 is 11.6 Å². The van der Waals surface area contributed by atoms with Crippen molar-refractivity contribution < 1.29 is 9.90 Å². The molecule has 14 heavy (non-hydrogen) atoms. The Labute approximate surface area is 84.0 Å². The van der Waals surface area contributed by atoms with Gasteiger partial charge in [-0.1, -0.05) is 11.6 Å². The molecule has 2 heterocycles. The molecular weight excluding hydrogens is 206 g/mol. The average molecular weight is 212 g/mol. The fourth-order valence-corrected chi connectivity index (χ4v) is 1.48. The van der Waals surface area contributed by atoms with E-state index in [0.29, 0.717) is 11.2 Å². The van der Waals surface area contributed by atoms with Crippen LogP contribution in [0, 0.1) is 0 Å². The van der Waals surface area contributed by atoms with E-state index in [1.165, 1.54) is 12.4 Å². The number of halogens is 1. The van der Waals surface area contributed by atoms with Crippen molar-refractivity contribution in [2.45, 2.75) is 0 Å². The summed E-state index contributed by atoms with van der Waals surface area (Å²) in [4.78, 5) is 18.7. The highest BCUT2D eigenvalue weighted by Gasteiger charge is 2.14. The van der Waals surface area contributed by atoms with E-state index in [4.69, 9.17) is 16.7 Å². The van der Waals surface area contributed by atoms with Gasteiger partial charge in [0.15, 0.2) is 5.65 Å². The number of aromatic carboxylic acids is 1. The quantitative estimate of drug-likeness (QED) is 0.723. The number of carboxylic acid groups (broad SMARTS) is 1. The fraction of sp³-hybridized carbons (Fsp3) is 0.125. The molecule has 0 amide bonds. The Kier molecular flexibility index (Phi) is 1.89. The third-order valence-electron chi connectivity index (χ3n) is 1.88. The average Bonchev–Trinajstić information content (AvgIpc) is 2.46. The Hall–Kier alpha value is -1.62. The Balaban J connectivity index is 2.90. The van der Waals surface area contributed by atoms with E-state index in [-0.39, 0.29) is 10.7 Å². The molecular formula is C8H6ClN3O2. The fourth-order valence-electron chi connectivity index (χ4n) is 1.29. The Bertz CT molecular complexity index is 521. The molecule has 0 bridgehead atoms. The second-order valence-electron chi connectivity index (χ2n) is 2.83. The highest BCUT2D eigenvalue weighted by molar-refractivity contribution is 6.30. The zero-order valence-electron chi connectivity index (χ0n) is 7.23. The number of rotatable bonds is 1. The van der Waals surface area contributed by atoms with Gasteiger partial charge in [-0.15, -0.1) is 0 Å². The molecule has 0 unspecified atom stereocenters. The summed E-state index contributed by atoms with van der Waals surface area (Å²) in [6.07, 6.45) is 1.50. The number of hydrogen-bond donors (Lipinski definition) is 1. The maximum atomic E-state index is 10.9. The summed E-state index contributed by atoms with van der Waals surface area (Å²) in [6, 6.07) is 1.31. The highest BCUT2D eigenvalue weighted by atomic mass is 35.5. The zero-order valence-corrected chi connectivity index (χ0v) is 7.99. The molecule has 0 fully saturated rings. The molecule has 72 valence electrons. The monoisotopic (exact) mass is 211 g/mol. The van der Waals surface area contributed by atoms with Crippen molar-refractivity contribution in [3.05, 3.63) is 23.1 Å². The first-order chi connectivity index (χ1) is 6.59. The molecule has 6 heteroatoms. The van der Waals surface area contributed by atoms with Gasteiger partial charge in [-0.05, 0) is 6.07 Å². The maximum Gasteiger partial charge on any atom is 0.338 e. The maximum absolute atomic E-state index is 10.9. The number of aryl methyl sites for hydroxylation is 1.